The van der Waals surface area contributed by atoms with Crippen molar-refractivity contribution >= 4 is 9.84 Å². The van der Waals surface area contributed by atoms with Crippen molar-refractivity contribution in [3.8, 4) is 0 Å². The van der Waals surface area contributed by atoms with Crippen molar-refractivity contribution in [2.45, 2.75) is 31.3 Å². The van der Waals surface area contributed by atoms with E-state index in [0.717, 1.165) is 29.5 Å². The maximum Gasteiger partial charge on any atom is 0.416 e. The number of hydrogen-bond donors (Lipinski definition) is 0. The van der Waals surface area contributed by atoms with Gasteiger partial charge in [-0.05, 0) is 49.1 Å². The highest BCUT2D eigenvalue weighted by atomic mass is 32.2. The molecule has 0 fully saturated rings. The van der Waals surface area contributed by atoms with E-state index in [1.165, 1.54) is 6.92 Å². The van der Waals surface area contributed by atoms with E-state index in [0.29, 0.717) is 0 Å². The van der Waals surface area contributed by atoms with Crippen LogP contribution in [0.15, 0.2) is 41.3 Å². The summed E-state index contributed by atoms with van der Waals surface area (Å²) in [6, 6.07) is 9.32. The quantitative estimate of drug-likeness (QED) is 0.833. The van der Waals surface area contributed by atoms with Crippen LogP contribution in [-0.4, -0.2) is 14.7 Å². The molecule has 2 aromatic carbocycles. The lowest BCUT2D eigenvalue weighted by molar-refractivity contribution is -0.138. The van der Waals surface area contributed by atoms with E-state index in [1.807, 2.05) is 19.1 Å². The summed E-state index contributed by atoms with van der Waals surface area (Å²) in [6.07, 6.45) is -3.37. The van der Waals surface area contributed by atoms with Gasteiger partial charge in [0, 0.05) is 6.26 Å². The molecule has 0 N–H and O–H groups in total. The van der Waals surface area contributed by atoms with Crippen LogP contribution in [0.1, 0.15) is 27.8 Å². The van der Waals surface area contributed by atoms with Crippen molar-refractivity contribution in [2.75, 3.05) is 6.26 Å². The first kappa shape index (κ1) is 17.5. The van der Waals surface area contributed by atoms with Crippen molar-refractivity contribution < 1.29 is 21.6 Å². The lowest BCUT2D eigenvalue weighted by Gasteiger charge is -2.16. The van der Waals surface area contributed by atoms with E-state index in [1.54, 1.807) is 12.1 Å². The first-order valence-electron chi connectivity index (χ1n) is 6.95. The summed E-state index contributed by atoms with van der Waals surface area (Å²) in [7, 11) is -3.61. The fourth-order valence-electron chi connectivity index (χ4n) is 2.44. The number of rotatable bonds is 3. The molecule has 2 aromatic rings. The van der Waals surface area contributed by atoms with Crippen LogP contribution >= 0.6 is 0 Å². The van der Waals surface area contributed by atoms with E-state index in [2.05, 4.69) is 0 Å². The Morgan fingerprint density at radius 3 is 2.04 bits per heavy atom. The minimum atomic E-state index is -4.51. The van der Waals surface area contributed by atoms with Gasteiger partial charge in [-0.25, -0.2) is 8.42 Å². The highest BCUT2D eigenvalue weighted by Gasteiger charge is 2.34. The van der Waals surface area contributed by atoms with E-state index >= 15 is 0 Å². The van der Waals surface area contributed by atoms with Gasteiger partial charge in [0.2, 0.25) is 0 Å². The molecule has 124 valence electrons. The van der Waals surface area contributed by atoms with Gasteiger partial charge in [-0.15, -0.1) is 0 Å². The number of alkyl halides is 3. The monoisotopic (exact) mass is 342 g/mol. The molecule has 0 aliphatic carbocycles. The molecule has 0 saturated heterocycles. The Morgan fingerprint density at radius 1 is 1.00 bits per heavy atom. The summed E-state index contributed by atoms with van der Waals surface area (Å²) >= 11 is 0. The normalized spacial score (nSPS) is 12.4. The van der Waals surface area contributed by atoms with Crippen LogP contribution in [0, 0.1) is 13.8 Å². The molecule has 0 bridgehead atoms. The molecule has 0 aliphatic rings. The molecule has 0 aliphatic heterocycles. The van der Waals surface area contributed by atoms with Crippen LogP contribution in [0.3, 0.4) is 0 Å². The average Bonchev–Trinajstić information content (AvgIpc) is 2.40. The zero-order valence-electron chi connectivity index (χ0n) is 13.0. The molecule has 2 nitrogen and oxygen atoms in total. The third kappa shape index (κ3) is 4.13. The Hall–Kier alpha value is -1.82. The van der Waals surface area contributed by atoms with Crippen molar-refractivity contribution in [2.24, 2.45) is 0 Å². The Morgan fingerprint density at radius 2 is 1.57 bits per heavy atom. The molecule has 0 unspecified atom stereocenters. The van der Waals surface area contributed by atoms with Gasteiger partial charge < -0.3 is 0 Å². The first-order valence-corrected chi connectivity index (χ1v) is 8.84. The fraction of sp³-hybridized carbons (Fsp3) is 0.294. The zero-order chi connectivity index (χ0) is 17.4. The highest BCUT2D eigenvalue weighted by Crippen LogP contribution is 2.35. The van der Waals surface area contributed by atoms with Crippen molar-refractivity contribution in [3.63, 3.8) is 0 Å². The second-order valence-electron chi connectivity index (χ2n) is 5.71. The van der Waals surface area contributed by atoms with E-state index in [4.69, 9.17) is 0 Å². The van der Waals surface area contributed by atoms with Gasteiger partial charge in [0.05, 0.1) is 10.5 Å². The van der Waals surface area contributed by atoms with E-state index < -0.39 is 21.6 Å². The van der Waals surface area contributed by atoms with Crippen LogP contribution in [0.4, 0.5) is 13.2 Å². The van der Waals surface area contributed by atoms with Gasteiger partial charge in [-0.3, -0.25) is 0 Å². The number of sulfone groups is 1. The van der Waals surface area contributed by atoms with Crippen molar-refractivity contribution in [1.29, 1.82) is 0 Å². The molecule has 0 atom stereocenters. The number of benzene rings is 2. The van der Waals surface area contributed by atoms with Gasteiger partial charge in [0.25, 0.3) is 0 Å². The molecule has 2 rings (SSSR count). The minimum Gasteiger partial charge on any atom is -0.224 e. The Labute approximate surface area is 133 Å². The Bertz CT molecular complexity index is 820. The predicted octanol–water partition coefficient (Wildman–Crippen LogP) is 4.32. The number of hydrogen-bond acceptors (Lipinski definition) is 2. The third-order valence-electron chi connectivity index (χ3n) is 3.63. The summed E-state index contributed by atoms with van der Waals surface area (Å²) in [5, 5.41) is 0. The standard InChI is InChI=1S/C17H17F3O2S/c1-11-4-6-13(7-5-11)9-14-10-15(17(18,19)20)12(2)8-16(14)23(3,21)22/h4-8,10H,9H2,1-3H3. The van der Waals surface area contributed by atoms with E-state index in [9.17, 15) is 21.6 Å². The lowest BCUT2D eigenvalue weighted by atomic mass is 9.99. The molecule has 0 amide bonds. The summed E-state index contributed by atoms with van der Waals surface area (Å²) in [5.74, 6) is 0. The topological polar surface area (TPSA) is 34.1 Å². The maximum absolute atomic E-state index is 13.1. The van der Waals surface area contributed by atoms with Crippen LogP contribution in [0.2, 0.25) is 0 Å². The minimum absolute atomic E-state index is 0.0522. The average molecular weight is 342 g/mol. The molecular weight excluding hydrogens is 325 g/mol. The molecule has 0 radical (unpaired) electrons. The van der Waals surface area contributed by atoms with Crippen LogP contribution in [-0.2, 0) is 22.4 Å². The second kappa shape index (κ2) is 6.00. The SMILES string of the molecule is Cc1ccc(Cc2cc(C(F)(F)F)c(C)cc2S(C)(=O)=O)cc1. The molecule has 0 heterocycles. The third-order valence-corrected chi connectivity index (χ3v) is 4.81. The maximum atomic E-state index is 13.1. The van der Waals surface area contributed by atoms with Gasteiger partial charge in [-0.1, -0.05) is 29.8 Å². The van der Waals surface area contributed by atoms with Crippen LogP contribution in [0.25, 0.3) is 0 Å². The number of aryl methyl sites for hydroxylation is 2. The highest BCUT2D eigenvalue weighted by molar-refractivity contribution is 7.90. The van der Waals surface area contributed by atoms with Crippen molar-refractivity contribution in [3.05, 3.63) is 64.2 Å². The van der Waals surface area contributed by atoms with Gasteiger partial charge in [0.15, 0.2) is 9.84 Å². The Kier molecular flexibility index (Phi) is 4.57. The second-order valence-corrected chi connectivity index (χ2v) is 7.69. The lowest BCUT2D eigenvalue weighted by Crippen LogP contribution is -2.12. The summed E-state index contributed by atoms with van der Waals surface area (Å²) < 4.78 is 63.2. The Balaban J connectivity index is 2.61. The predicted molar refractivity (Wildman–Crippen MR) is 83.3 cm³/mol. The van der Waals surface area contributed by atoms with Crippen LogP contribution < -0.4 is 0 Å². The summed E-state index contributed by atoms with van der Waals surface area (Å²) in [5.41, 5.74) is 1.06. The van der Waals surface area contributed by atoms with Gasteiger partial charge >= 0.3 is 6.18 Å². The van der Waals surface area contributed by atoms with E-state index in [-0.39, 0.29) is 22.4 Å². The molecule has 0 aromatic heterocycles. The first-order chi connectivity index (χ1) is 10.5. The van der Waals surface area contributed by atoms with Gasteiger partial charge in [-0.2, -0.15) is 13.2 Å². The fourth-order valence-corrected chi connectivity index (χ4v) is 3.44. The van der Waals surface area contributed by atoms with Gasteiger partial charge in [0.1, 0.15) is 0 Å². The zero-order valence-corrected chi connectivity index (χ0v) is 13.8. The summed E-state index contributed by atoms with van der Waals surface area (Å²) in [6.45, 7) is 3.17. The largest absolute Gasteiger partial charge is 0.416 e. The molecular formula is C17H17F3O2S. The molecule has 0 saturated carbocycles. The van der Waals surface area contributed by atoms with Crippen LogP contribution in [0.5, 0.6) is 0 Å². The number of halogens is 3. The van der Waals surface area contributed by atoms with Crippen molar-refractivity contribution in [1.82, 2.24) is 0 Å². The smallest absolute Gasteiger partial charge is 0.224 e. The molecule has 6 heteroatoms. The summed E-state index contributed by atoms with van der Waals surface area (Å²) in [4.78, 5) is -0.0522. The molecule has 23 heavy (non-hydrogen) atoms. The molecule has 0 spiro atoms.